The standard InChI is InChI=1S/C17H22N2O4S2/c18-12-17(15-6-5-13-3-1-2-4-14(13)11-15)19-25(22,23)16-7-9-24(20,21)10-8-16/h1-6,11,16-17,19H,7-10,12,18H2. The molecule has 1 atom stereocenters. The van der Waals surface area contributed by atoms with Crippen molar-refractivity contribution >= 4 is 30.6 Å². The lowest BCUT2D eigenvalue weighted by Crippen LogP contribution is -2.42. The van der Waals surface area contributed by atoms with Gasteiger partial charge in [0, 0.05) is 6.54 Å². The van der Waals surface area contributed by atoms with Crippen molar-refractivity contribution in [3.63, 3.8) is 0 Å². The number of sulfone groups is 1. The average Bonchev–Trinajstić information content (AvgIpc) is 2.59. The summed E-state index contributed by atoms with van der Waals surface area (Å²) < 4.78 is 51.0. The summed E-state index contributed by atoms with van der Waals surface area (Å²) in [6, 6.07) is 13.0. The monoisotopic (exact) mass is 382 g/mol. The van der Waals surface area contributed by atoms with E-state index in [1.54, 1.807) is 0 Å². The molecule has 1 saturated heterocycles. The maximum absolute atomic E-state index is 12.6. The molecule has 0 amide bonds. The zero-order valence-electron chi connectivity index (χ0n) is 13.8. The molecule has 1 fully saturated rings. The minimum Gasteiger partial charge on any atom is -0.329 e. The Hall–Kier alpha value is -1.48. The van der Waals surface area contributed by atoms with Crippen LogP contribution < -0.4 is 10.5 Å². The Kier molecular flexibility index (Phi) is 5.15. The lowest BCUT2D eigenvalue weighted by Gasteiger charge is -2.25. The molecule has 136 valence electrons. The number of hydrogen-bond acceptors (Lipinski definition) is 5. The third kappa shape index (κ3) is 4.20. The SMILES string of the molecule is NCC(NS(=O)(=O)C1CCS(=O)(=O)CC1)c1ccc2ccccc2c1. The fraction of sp³-hybridized carbons (Fsp3) is 0.412. The molecular weight excluding hydrogens is 360 g/mol. The fourth-order valence-corrected chi connectivity index (χ4v) is 6.62. The van der Waals surface area contributed by atoms with E-state index >= 15 is 0 Å². The first-order valence-electron chi connectivity index (χ1n) is 8.21. The number of nitrogens with two attached hydrogens (primary N) is 1. The zero-order chi connectivity index (χ0) is 18.1. The molecule has 1 aliphatic heterocycles. The van der Waals surface area contributed by atoms with Crippen LogP contribution in [0.15, 0.2) is 42.5 Å². The van der Waals surface area contributed by atoms with Crippen LogP contribution in [0.3, 0.4) is 0 Å². The Morgan fingerprint density at radius 3 is 2.36 bits per heavy atom. The molecule has 3 N–H and O–H groups in total. The van der Waals surface area contributed by atoms with E-state index in [2.05, 4.69) is 4.72 Å². The first kappa shape index (κ1) is 18.3. The summed E-state index contributed by atoms with van der Waals surface area (Å²) in [7, 11) is -6.74. The molecule has 8 heteroatoms. The van der Waals surface area contributed by atoms with Gasteiger partial charge in [0.15, 0.2) is 0 Å². The Morgan fingerprint density at radius 2 is 1.72 bits per heavy atom. The predicted octanol–water partition coefficient (Wildman–Crippen LogP) is 1.34. The van der Waals surface area contributed by atoms with Gasteiger partial charge in [-0.2, -0.15) is 0 Å². The van der Waals surface area contributed by atoms with Gasteiger partial charge in [-0.05, 0) is 35.2 Å². The molecule has 2 aromatic rings. The number of benzene rings is 2. The van der Waals surface area contributed by atoms with Crippen molar-refractivity contribution in [1.29, 1.82) is 0 Å². The van der Waals surface area contributed by atoms with E-state index in [0.717, 1.165) is 16.3 Å². The maximum atomic E-state index is 12.6. The molecule has 0 saturated carbocycles. The second-order valence-corrected chi connectivity index (χ2v) is 10.7. The van der Waals surface area contributed by atoms with Crippen LogP contribution in [-0.4, -0.2) is 40.1 Å². The van der Waals surface area contributed by atoms with Crippen molar-refractivity contribution in [1.82, 2.24) is 4.72 Å². The van der Waals surface area contributed by atoms with Crippen LogP contribution >= 0.6 is 0 Å². The first-order valence-corrected chi connectivity index (χ1v) is 11.6. The van der Waals surface area contributed by atoms with Crippen LogP contribution in [0.1, 0.15) is 24.4 Å². The zero-order valence-corrected chi connectivity index (χ0v) is 15.4. The lowest BCUT2D eigenvalue weighted by atomic mass is 10.0. The molecule has 6 nitrogen and oxygen atoms in total. The Morgan fingerprint density at radius 1 is 1.08 bits per heavy atom. The summed E-state index contributed by atoms with van der Waals surface area (Å²) in [5.41, 5.74) is 6.61. The molecule has 0 radical (unpaired) electrons. The number of rotatable bonds is 5. The number of hydrogen-bond donors (Lipinski definition) is 2. The van der Waals surface area contributed by atoms with E-state index in [1.807, 2.05) is 42.5 Å². The number of nitrogens with one attached hydrogen (secondary N) is 1. The Bertz CT molecular complexity index is 957. The summed E-state index contributed by atoms with van der Waals surface area (Å²) in [4.78, 5) is 0. The lowest BCUT2D eigenvalue weighted by molar-refractivity contribution is 0.527. The third-order valence-corrected chi connectivity index (χ3v) is 8.34. The van der Waals surface area contributed by atoms with Gasteiger partial charge in [0.25, 0.3) is 0 Å². The van der Waals surface area contributed by atoms with Crippen LogP contribution in [0.5, 0.6) is 0 Å². The van der Waals surface area contributed by atoms with Gasteiger partial charge in [-0.15, -0.1) is 0 Å². The molecule has 3 rings (SSSR count). The normalized spacial score (nSPS) is 19.7. The highest BCUT2D eigenvalue weighted by molar-refractivity contribution is 7.92. The van der Waals surface area contributed by atoms with Gasteiger partial charge >= 0.3 is 0 Å². The van der Waals surface area contributed by atoms with Crippen LogP contribution in [0.25, 0.3) is 10.8 Å². The van der Waals surface area contributed by atoms with Crippen LogP contribution in [0.2, 0.25) is 0 Å². The van der Waals surface area contributed by atoms with Crippen LogP contribution in [0, 0.1) is 0 Å². The average molecular weight is 383 g/mol. The summed E-state index contributed by atoms with van der Waals surface area (Å²) in [6.45, 7) is 0.128. The van der Waals surface area contributed by atoms with E-state index in [-0.39, 0.29) is 30.9 Å². The third-order valence-electron chi connectivity index (χ3n) is 4.66. The second kappa shape index (κ2) is 7.03. The van der Waals surface area contributed by atoms with E-state index < -0.39 is 31.2 Å². The van der Waals surface area contributed by atoms with Gasteiger partial charge in [0.1, 0.15) is 9.84 Å². The molecular formula is C17H22N2O4S2. The molecule has 0 spiro atoms. The minimum atomic E-state index is -3.64. The smallest absolute Gasteiger partial charge is 0.215 e. The molecule has 1 heterocycles. The van der Waals surface area contributed by atoms with E-state index in [4.69, 9.17) is 5.73 Å². The Balaban J connectivity index is 1.80. The van der Waals surface area contributed by atoms with E-state index in [9.17, 15) is 16.8 Å². The van der Waals surface area contributed by atoms with E-state index in [1.165, 1.54) is 0 Å². The second-order valence-electron chi connectivity index (χ2n) is 6.41. The molecule has 2 aromatic carbocycles. The highest BCUT2D eigenvalue weighted by Crippen LogP contribution is 2.24. The van der Waals surface area contributed by atoms with Crippen molar-refractivity contribution in [3.8, 4) is 0 Å². The molecule has 1 aliphatic rings. The van der Waals surface area contributed by atoms with Crippen molar-refractivity contribution in [2.75, 3.05) is 18.1 Å². The van der Waals surface area contributed by atoms with Gasteiger partial charge < -0.3 is 5.73 Å². The van der Waals surface area contributed by atoms with Crippen molar-refractivity contribution < 1.29 is 16.8 Å². The minimum absolute atomic E-state index is 0.0815. The summed E-state index contributed by atoms with van der Waals surface area (Å²) >= 11 is 0. The van der Waals surface area contributed by atoms with Crippen LogP contribution in [0.4, 0.5) is 0 Å². The number of sulfonamides is 1. The first-order chi connectivity index (χ1) is 11.8. The summed E-state index contributed by atoms with van der Waals surface area (Å²) in [5, 5.41) is 1.40. The van der Waals surface area contributed by atoms with Crippen LogP contribution in [-0.2, 0) is 19.9 Å². The largest absolute Gasteiger partial charge is 0.329 e. The van der Waals surface area contributed by atoms with Gasteiger partial charge in [0.2, 0.25) is 10.0 Å². The Labute approximate surface area is 148 Å². The summed E-state index contributed by atoms with van der Waals surface area (Å²) in [5.74, 6) is -0.163. The van der Waals surface area contributed by atoms with Gasteiger partial charge in [0.05, 0.1) is 22.8 Å². The predicted molar refractivity (Wildman–Crippen MR) is 99.5 cm³/mol. The quantitative estimate of drug-likeness (QED) is 0.811. The van der Waals surface area contributed by atoms with Crippen molar-refractivity contribution in [2.24, 2.45) is 5.73 Å². The molecule has 0 aromatic heterocycles. The number of fused-ring (bicyclic) bond motifs is 1. The van der Waals surface area contributed by atoms with Crippen molar-refractivity contribution in [3.05, 3.63) is 48.0 Å². The highest BCUT2D eigenvalue weighted by Gasteiger charge is 2.34. The van der Waals surface area contributed by atoms with Crippen molar-refractivity contribution in [2.45, 2.75) is 24.1 Å². The molecule has 0 aliphatic carbocycles. The molecule has 1 unspecified atom stereocenters. The van der Waals surface area contributed by atoms with E-state index in [0.29, 0.717) is 0 Å². The maximum Gasteiger partial charge on any atom is 0.215 e. The molecule has 0 bridgehead atoms. The van der Waals surface area contributed by atoms with Gasteiger partial charge in [-0.25, -0.2) is 21.6 Å². The topological polar surface area (TPSA) is 106 Å². The van der Waals surface area contributed by atoms with Gasteiger partial charge in [-0.3, -0.25) is 0 Å². The molecule has 25 heavy (non-hydrogen) atoms. The van der Waals surface area contributed by atoms with Gasteiger partial charge in [-0.1, -0.05) is 36.4 Å². The highest BCUT2D eigenvalue weighted by atomic mass is 32.2. The fourth-order valence-electron chi connectivity index (χ4n) is 3.15. The summed E-state index contributed by atoms with van der Waals surface area (Å²) in [6.07, 6.45) is 0.263.